The van der Waals surface area contributed by atoms with Gasteiger partial charge in [-0.3, -0.25) is 0 Å². The summed E-state index contributed by atoms with van der Waals surface area (Å²) in [7, 11) is 3.20. The predicted octanol–water partition coefficient (Wildman–Crippen LogP) is 2.52. The number of rotatable bonds is 9. The van der Waals surface area contributed by atoms with E-state index in [0.29, 0.717) is 28.8 Å². The Bertz CT molecular complexity index is 868. The third kappa shape index (κ3) is 4.57. The first-order valence-electron chi connectivity index (χ1n) is 8.50. The van der Waals surface area contributed by atoms with Crippen molar-refractivity contribution in [3.63, 3.8) is 0 Å². The highest BCUT2D eigenvalue weighted by molar-refractivity contribution is 5.79. The van der Waals surface area contributed by atoms with Crippen LogP contribution in [0.4, 0.5) is 23.0 Å². The first kappa shape index (κ1) is 18.3. The number of nitrogens with two attached hydrogens (primary N) is 1. The number of hydrogen-bond donors (Lipinski definition) is 3. The molecule has 0 atom stereocenters. The van der Waals surface area contributed by atoms with Crippen molar-refractivity contribution >= 4 is 23.0 Å². The highest BCUT2D eigenvalue weighted by Crippen LogP contribution is 2.33. The summed E-state index contributed by atoms with van der Waals surface area (Å²) in [5.74, 6) is 2.42. The maximum absolute atomic E-state index is 6.22. The first-order chi connectivity index (χ1) is 13.2. The molecule has 4 N–H and O–H groups in total. The average molecular weight is 369 g/mol. The van der Waals surface area contributed by atoms with Crippen LogP contribution in [0.5, 0.6) is 11.5 Å². The fraction of sp³-hybridized carbons (Fsp3) is 0.278. The molecule has 0 unspecified atom stereocenters. The molecule has 0 saturated carbocycles. The van der Waals surface area contributed by atoms with Crippen LogP contribution < -0.4 is 25.8 Å². The summed E-state index contributed by atoms with van der Waals surface area (Å²) in [6, 6.07) is 5.46. The second-order valence-corrected chi connectivity index (χ2v) is 5.76. The molecule has 3 rings (SSSR count). The number of hydrogen-bond acceptors (Lipinski definition) is 8. The smallest absolute Gasteiger partial charge is 0.159 e. The SMILES string of the molecule is COc1ccc(Nc2ncnc(NCCCn3ccnc3)c2N)c(OC)c1. The molecule has 142 valence electrons. The van der Waals surface area contributed by atoms with E-state index in [-0.39, 0.29) is 0 Å². The fourth-order valence-electron chi connectivity index (χ4n) is 2.55. The van der Waals surface area contributed by atoms with Crippen molar-refractivity contribution < 1.29 is 9.47 Å². The lowest BCUT2D eigenvalue weighted by Crippen LogP contribution is -2.11. The number of anilines is 4. The van der Waals surface area contributed by atoms with Gasteiger partial charge in [-0.1, -0.05) is 0 Å². The van der Waals surface area contributed by atoms with Crippen molar-refractivity contribution in [2.75, 3.05) is 37.1 Å². The predicted molar refractivity (Wildman–Crippen MR) is 105 cm³/mol. The van der Waals surface area contributed by atoms with Gasteiger partial charge in [0.25, 0.3) is 0 Å². The minimum Gasteiger partial charge on any atom is -0.497 e. The van der Waals surface area contributed by atoms with Crippen LogP contribution in [-0.4, -0.2) is 40.3 Å². The Labute approximate surface area is 157 Å². The summed E-state index contributed by atoms with van der Waals surface area (Å²) >= 11 is 0. The molecule has 0 aliphatic rings. The van der Waals surface area contributed by atoms with Crippen LogP contribution in [-0.2, 0) is 6.54 Å². The molecule has 0 aliphatic heterocycles. The molecule has 0 radical (unpaired) electrons. The maximum atomic E-state index is 6.22. The largest absolute Gasteiger partial charge is 0.497 e. The third-order valence-corrected chi connectivity index (χ3v) is 3.99. The van der Waals surface area contributed by atoms with E-state index in [1.54, 1.807) is 32.8 Å². The van der Waals surface area contributed by atoms with E-state index in [1.165, 1.54) is 6.33 Å². The van der Waals surface area contributed by atoms with Gasteiger partial charge in [0.15, 0.2) is 11.6 Å². The quantitative estimate of drug-likeness (QED) is 0.493. The summed E-state index contributed by atoms with van der Waals surface area (Å²) in [4.78, 5) is 12.5. The highest BCUT2D eigenvalue weighted by atomic mass is 16.5. The Balaban J connectivity index is 1.66. The molecule has 0 aliphatic carbocycles. The number of nitrogen functional groups attached to an aromatic ring is 1. The van der Waals surface area contributed by atoms with Gasteiger partial charge in [0.2, 0.25) is 0 Å². The van der Waals surface area contributed by atoms with Crippen molar-refractivity contribution in [3.8, 4) is 11.5 Å². The standard InChI is InChI=1S/C18H23N7O2/c1-26-13-4-5-14(15(10-13)27-2)24-18-16(19)17(22-11-23-18)21-6-3-8-25-9-7-20-12-25/h4-5,7,9-12H,3,6,8,19H2,1-2H3,(H2,21,22,23,24). The van der Waals surface area contributed by atoms with E-state index < -0.39 is 0 Å². The van der Waals surface area contributed by atoms with Crippen LogP contribution in [0.25, 0.3) is 0 Å². The number of methoxy groups -OCH3 is 2. The number of nitrogens with one attached hydrogen (secondary N) is 2. The molecule has 0 fully saturated rings. The summed E-state index contributed by atoms with van der Waals surface area (Å²) in [5, 5.41) is 6.43. The molecule has 2 aromatic heterocycles. The molecule has 3 aromatic rings. The van der Waals surface area contributed by atoms with E-state index >= 15 is 0 Å². The van der Waals surface area contributed by atoms with Crippen molar-refractivity contribution in [1.82, 2.24) is 19.5 Å². The Hall–Kier alpha value is -3.49. The normalized spacial score (nSPS) is 10.4. The first-order valence-corrected chi connectivity index (χ1v) is 8.50. The zero-order chi connectivity index (χ0) is 19.1. The summed E-state index contributed by atoms with van der Waals surface area (Å²) in [6.45, 7) is 1.59. The lowest BCUT2D eigenvalue weighted by atomic mass is 10.2. The van der Waals surface area contributed by atoms with Gasteiger partial charge < -0.3 is 30.4 Å². The van der Waals surface area contributed by atoms with E-state index in [0.717, 1.165) is 25.2 Å². The monoisotopic (exact) mass is 369 g/mol. The molecule has 0 saturated heterocycles. The maximum Gasteiger partial charge on any atom is 0.159 e. The molecule has 27 heavy (non-hydrogen) atoms. The van der Waals surface area contributed by atoms with Crippen molar-refractivity contribution in [2.45, 2.75) is 13.0 Å². The number of aryl methyl sites for hydroxylation is 1. The Morgan fingerprint density at radius 2 is 2.00 bits per heavy atom. The molecular weight excluding hydrogens is 346 g/mol. The molecule has 0 amide bonds. The molecule has 1 aromatic carbocycles. The van der Waals surface area contributed by atoms with Gasteiger partial charge in [0.05, 0.1) is 26.2 Å². The molecule has 2 heterocycles. The second-order valence-electron chi connectivity index (χ2n) is 5.76. The number of ether oxygens (including phenoxy) is 2. The lowest BCUT2D eigenvalue weighted by Gasteiger charge is -2.15. The lowest BCUT2D eigenvalue weighted by molar-refractivity contribution is 0.395. The molecular formula is C18H23N7O2. The van der Waals surface area contributed by atoms with Crippen LogP contribution in [0.15, 0.2) is 43.2 Å². The minimum atomic E-state index is 0.443. The average Bonchev–Trinajstić information content (AvgIpc) is 3.21. The molecule has 0 spiro atoms. The van der Waals surface area contributed by atoms with E-state index in [1.807, 2.05) is 22.9 Å². The minimum absolute atomic E-state index is 0.443. The third-order valence-electron chi connectivity index (χ3n) is 3.99. The zero-order valence-electron chi connectivity index (χ0n) is 15.3. The van der Waals surface area contributed by atoms with Gasteiger partial charge in [0, 0.05) is 31.5 Å². The van der Waals surface area contributed by atoms with Gasteiger partial charge in [-0.15, -0.1) is 0 Å². The second kappa shape index (κ2) is 8.75. The Morgan fingerprint density at radius 1 is 1.15 bits per heavy atom. The van der Waals surface area contributed by atoms with Crippen molar-refractivity contribution in [2.24, 2.45) is 0 Å². The van der Waals surface area contributed by atoms with Gasteiger partial charge in [-0.05, 0) is 18.6 Å². The summed E-state index contributed by atoms with van der Waals surface area (Å²) in [5.41, 5.74) is 7.40. The van der Waals surface area contributed by atoms with Gasteiger partial charge in [0.1, 0.15) is 23.5 Å². The highest BCUT2D eigenvalue weighted by Gasteiger charge is 2.11. The molecule has 9 nitrogen and oxygen atoms in total. The summed E-state index contributed by atoms with van der Waals surface area (Å²) in [6.07, 6.45) is 7.87. The number of imidazole rings is 1. The number of benzene rings is 1. The number of aromatic nitrogens is 4. The fourth-order valence-corrected chi connectivity index (χ4v) is 2.55. The Morgan fingerprint density at radius 3 is 2.74 bits per heavy atom. The van der Waals surface area contributed by atoms with Crippen molar-refractivity contribution in [1.29, 1.82) is 0 Å². The number of nitrogens with zero attached hydrogens (tertiary/aromatic N) is 4. The van der Waals surface area contributed by atoms with Crippen LogP contribution in [0, 0.1) is 0 Å². The van der Waals surface area contributed by atoms with Crippen LogP contribution in [0.2, 0.25) is 0 Å². The van der Waals surface area contributed by atoms with Gasteiger partial charge >= 0.3 is 0 Å². The van der Waals surface area contributed by atoms with E-state index in [2.05, 4.69) is 25.6 Å². The summed E-state index contributed by atoms with van der Waals surface area (Å²) < 4.78 is 12.6. The van der Waals surface area contributed by atoms with Crippen LogP contribution in [0.3, 0.4) is 0 Å². The van der Waals surface area contributed by atoms with E-state index in [4.69, 9.17) is 15.2 Å². The van der Waals surface area contributed by atoms with Crippen molar-refractivity contribution in [3.05, 3.63) is 43.2 Å². The van der Waals surface area contributed by atoms with Gasteiger partial charge in [-0.2, -0.15) is 0 Å². The van der Waals surface area contributed by atoms with Crippen LogP contribution >= 0.6 is 0 Å². The molecule has 9 heteroatoms. The Kier molecular flexibility index (Phi) is 5.93. The van der Waals surface area contributed by atoms with E-state index in [9.17, 15) is 0 Å². The van der Waals surface area contributed by atoms with Crippen LogP contribution in [0.1, 0.15) is 6.42 Å². The zero-order valence-corrected chi connectivity index (χ0v) is 15.3. The molecule has 0 bridgehead atoms. The van der Waals surface area contributed by atoms with Gasteiger partial charge in [-0.25, -0.2) is 15.0 Å². The topological polar surface area (TPSA) is 112 Å².